The Balaban J connectivity index is 1.59. The molecule has 1 aromatic carbocycles. The zero-order valence-corrected chi connectivity index (χ0v) is 14.5. The molecule has 0 aliphatic carbocycles. The van der Waals surface area contributed by atoms with Gasteiger partial charge in [-0.15, -0.1) is 11.3 Å². The zero-order chi connectivity index (χ0) is 17.6. The van der Waals surface area contributed by atoms with Crippen LogP contribution in [0.3, 0.4) is 0 Å². The first kappa shape index (κ1) is 17.4. The second kappa shape index (κ2) is 8.12. The summed E-state index contributed by atoms with van der Waals surface area (Å²) in [6.07, 6.45) is 0.981. The van der Waals surface area contributed by atoms with Gasteiger partial charge in [0.1, 0.15) is 4.88 Å². The molecule has 1 aromatic heterocycles. The van der Waals surface area contributed by atoms with Crippen LogP contribution >= 0.6 is 11.3 Å². The number of amides is 1. The van der Waals surface area contributed by atoms with Crippen molar-refractivity contribution in [1.82, 2.24) is 5.32 Å². The summed E-state index contributed by atoms with van der Waals surface area (Å²) in [5.74, 6) is -0.245. The summed E-state index contributed by atoms with van der Waals surface area (Å²) in [6.45, 7) is 1.99. The molecule has 130 valence electrons. The number of anilines is 1. The Bertz CT molecular complexity index is 791. The summed E-state index contributed by atoms with van der Waals surface area (Å²) in [6, 6.07) is 9.29. The number of nitriles is 1. The minimum absolute atomic E-state index is 0.0964. The van der Waals surface area contributed by atoms with Crippen molar-refractivity contribution >= 4 is 22.9 Å². The van der Waals surface area contributed by atoms with Crippen molar-refractivity contribution in [2.24, 2.45) is 0 Å². The van der Waals surface area contributed by atoms with E-state index in [2.05, 4.69) is 11.4 Å². The zero-order valence-electron chi connectivity index (χ0n) is 13.7. The topological polar surface area (TPSA) is 97.4 Å². The molecule has 1 aliphatic rings. The molecular formula is C18H19N3O3S. The highest BCUT2D eigenvalue weighted by Gasteiger charge is 2.19. The molecule has 2 heterocycles. The maximum Gasteiger partial charge on any atom is 0.263 e. The van der Waals surface area contributed by atoms with E-state index in [-0.39, 0.29) is 18.6 Å². The van der Waals surface area contributed by atoms with E-state index in [1.807, 2.05) is 17.5 Å². The number of carbonyl (C=O) groups excluding carboxylic acids is 1. The maximum atomic E-state index is 12.4. The van der Waals surface area contributed by atoms with Crippen molar-refractivity contribution in [3.8, 4) is 6.07 Å². The Labute approximate surface area is 150 Å². The van der Waals surface area contributed by atoms with Gasteiger partial charge in [-0.1, -0.05) is 18.2 Å². The monoisotopic (exact) mass is 357 g/mol. The molecule has 7 heteroatoms. The van der Waals surface area contributed by atoms with E-state index < -0.39 is 0 Å². The molecule has 2 aromatic rings. The lowest BCUT2D eigenvalue weighted by Gasteiger charge is -2.10. The predicted molar refractivity (Wildman–Crippen MR) is 95.1 cm³/mol. The fourth-order valence-corrected chi connectivity index (χ4v) is 3.47. The number of rotatable bonds is 6. The fourth-order valence-electron chi connectivity index (χ4n) is 2.58. The van der Waals surface area contributed by atoms with Crippen molar-refractivity contribution in [1.29, 1.82) is 5.26 Å². The molecule has 1 fully saturated rings. The molecule has 0 bridgehead atoms. The SMILES string of the molecule is N#Cc1ccccc1CNC(=O)c1scc(COC2CCOC2)c1N. The summed E-state index contributed by atoms with van der Waals surface area (Å²) >= 11 is 1.30. The predicted octanol–water partition coefficient (Wildman–Crippen LogP) is 2.44. The highest BCUT2D eigenvalue weighted by atomic mass is 32.1. The van der Waals surface area contributed by atoms with Gasteiger partial charge in [0, 0.05) is 18.7 Å². The van der Waals surface area contributed by atoms with Crippen LogP contribution < -0.4 is 11.1 Å². The number of hydrogen-bond acceptors (Lipinski definition) is 6. The normalized spacial score (nSPS) is 16.5. The molecule has 1 atom stereocenters. The molecule has 1 saturated heterocycles. The largest absolute Gasteiger partial charge is 0.397 e. The van der Waals surface area contributed by atoms with Crippen LogP contribution in [-0.2, 0) is 22.6 Å². The van der Waals surface area contributed by atoms with Crippen LogP contribution in [0.2, 0.25) is 0 Å². The van der Waals surface area contributed by atoms with Gasteiger partial charge in [0.15, 0.2) is 0 Å². The van der Waals surface area contributed by atoms with E-state index in [0.717, 1.165) is 24.2 Å². The summed E-state index contributed by atoms with van der Waals surface area (Å²) in [5.41, 5.74) is 8.70. The highest BCUT2D eigenvalue weighted by Crippen LogP contribution is 2.27. The van der Waals surface area contributed by atoms with Gasteiger partial charge in [-0.2, -0.15) is 5.26 Å². The minimum Gasteiger partial charge on any atom is -0.397 e. The number of nitrogens with two attached hydrogens (primary N) is 1. The lowest BCUT2D eigenvalue weighted by Crippen LogP contribution is -2.23. The van der Waals surface area contributed by atoms with Crippen LogP contribution in [0.25, 0.3) is 0 Å². The Kier molecular flexibility index (Phi) is 5.66. The number of carbonyl (C=O) groups is 1. The van der Waals surface area contributed by atoms with Crippen LogP contribution in [0, 0.1) is 11.3 Å². The van der Waals surface area contributed by atoms with Gasteiger partial charge >= 0.3 is 0 Å². The summed E-state index contributed by atoms with van der Waals surface area (Å²) < 4.78 is 11.0. The Hall–Kier alpha value is -2.40. The Morgan fingerprint density at radius 1 is 1.44 bits per heavy atom. The van der Waals surface area contributed by atoms with Crippen LogP contribution in [0.4, 0.5) is 5.69 Å². The van der Waals surface area contributed by atoms with Gasteiger partial charge in [-0.25, -0.2) is 0 Å². The number of nitrogens with zero attached hydrogens (tertiary/aromatic N) is 1. The summed E-state index contributed by atoms with van der Waals surface area (Å²) in [4.78, 5) is 12.9. The van der Waals surface area contributed by atoms with E-state index in [9.17, 15) is 4.79 Å². The Morgan fingerprint density at radius 3 is 3.04 bits per heavy atom. The number of benzene rings is 1. The van der Waals surface area contributed by atoms with Crippen LogP contribution in [0.1, 0.15) is 32.8 Å². The molecular weight excluding hydrogens is 338 g/mol. The molecule has 3 rings (SSSR count). The molecule has 1 aliphatic heterocycles. The first-order chi connectivity index (χ1) is 12.2. The summed E-state index contributed by atoms with van der Waals surface area (Å²) in [5, 5.41) is 13.8. The van der Waals surface area contributed by atoms with Gasteiger partial charge in [-0.05, 0) is 23.4 Å². The smallest absolute Gasteiger partial charge is 0.263 e. The average Bonchev–Trinajstić information content (AvgIpc) is 3.28. The minimum atomic E-state index is -0.245. The second-order valence-electron chi connectivity index (χ2n) is 5.75. The second-order valence-corrected chi connectivity index (χ2v) is 6.63. The standard InChI is InChI=1S/C18H19N3O3S/c19-7-12-3-1-2-4-13(12)8-21-18(22)17-16(20)14(11-25-17)9-24-15-5-6-23-10-15/h1-4,11,15H,5-6,8-10,20H2,(H,21,22). The molecule has 1 amide bonds. The Morgan fingerprint density at radius 2 is 2.28 bits per heavy atom. The van der Waals surface area contributed by atoms with Crippen molar-refractivity contribution < 1.29 is 14.3 Å². The lowest BCUT2D eigenvalue weighted by molar-refractivity contribution is 0.0322. The third-order valence-corrected chi connectivity index (χ3v) is 5.10. The van der Waals surface area contributed by atoms with Crippen LogP contribution in [-0.4, -0.2) is 25.2 Å². The van der Waals surface area contributed by atoms with E-state index >= 15 is 0 Å². The fraction of sp³-hybridized carbons (Fsp3) is 0.333. The first-order valence-electron chi connectivity index (χ1n) is 8.00. The third-order valence-electron chi connectivity index (χ3n) is 4.06. The van der Waals surface area contributed by atoms with Gasteiger partial charge in [0.05, 0.1) is 36.6 Å². The number of nitrogens with one attached hydrogen (secondary N) is 1. The van der Waals surface area contributed by atoms with Crippen molar-refractivity contribution in [2.45, 2.75) is 25.7 Å². The molecule has 1 unspecified atom stereocenters. The first-order valence-corrected chi connectivity index (χ1v) is 8.88. The molecule has 25 heavy (non-hydrogen) atoms. The number of hydrogen-bond donors (Lipinski definition) is 2. The molecule has 3 N–H and O–H groups in total. The van der Waals surface area contributed by atoms with Gasteiger partial charge < -0.3 is 20.5 Å². The number of ether oxygens (including phenoxy) is 2. The molecule has 0 radical (unpaired) electrons. The number of thiophene rings is 1. The molecule has 0 spiro atoms. The maximum absolute atomic E-state index is 12.4. The van der Waals surface area contributed by atoms with Gasteiger partial charge in [-0.3, -0.25) is 4.79 Å². The third kappa shape index (κ3) is 4.17. The van der Waals surface area contributed by atoms with Crippen LogP contribution in [0.15, 0.2) is 29.6 Å². The van der Waals surface area contributed by atoms with E-state index in [4.69, 9.17) is 20.5 Å². The van der Waals surface area contributed by atoms with Crippen molar-refractivity contribution in [3.05, 3.63) is 51.2 Å². The highest BCUT2D eigenvalue weighted by molar-refractivity contribution is 7.12. The summed E-state index contributed by atoms with van der Waals surface area (Å²) in [7, 11) is 0. The van der Waals surface area contributed by atoms with Gasteiger partial charge in [0.25, 0.3) is 5.91 Å². The van der Waals surface area contributed by atoms with E-state index in [0.29, 0.717) is 29.3 Å². The number of nitrogen functional groups attached to an aromatic ring is 1. The van der Waals surface area contributed by atoms with E-state index in [1.165, 1.54) is 11.3 Å². The van der Waals surface area contributed by atoms with Gasteiger partial charge in [0.2, 0.25) is 0 Å². The van der Waals surface area contributed by atoms with Crippen LogP contribution in [0.5, 0.6) is 0 Å². The quantitative estimate of drug-likeness (QED) is 0.827. The molecule has 6 nitrogen and oxygen atoms in total. The van der Waals surface area contributed by atoms with Crippen molar-refractivity contribution in [2.75, 3.05) is 18.9 Å². The molecule has 0 saturated carbocycles. The lowest BCUT2D eigenvalue weighted by atomic mass is 10.1. The van der Waals surface area contributed by atoms with Crippen molar-refractivity contribution in [3.63, 3.8) is 0 Å². The van der Waals surface area contributed by atoms with E-state index in [1.54, 1.807) is 12.1 Å². The average molecular weight is 357 g/mol.